The summed E-state index contributed by atoms with van der Waals surface area (Å²) >= 11 is 0. The predicted molar refractivity (Wildman–Crippen MR) is 40.3 cm³/mol. The molecule has 0 bridgehead atoms. The normalized spacial score (nSPS) is 13.3. The third-order valence-electron chi connectivity index (χ3n) is 1.93. The molecule has 0 aromatic carbocycles. The molecule has 0 aliphatic heterocycles. The fourth-order valence-corrected chi connectivity index (χ4v) is 0.693. The van der Waals surface area contributed by atoms with Crippen LogP contribution >= 0.6 is 8.38 Å². The fraction of sp³-hybridized carbons (Fsp3) is 1.00. The minimum absolute atomic E-state index is 0.318. The highest BCUT2D eigenvalue weighted by Crippen LogP contribution is 2.46. The quantitative estimate of drug-likeness (QED) is 0.588. The minimum atomic E-state index is -1.78. The van der Waals surface area contributed by atoms with Crippen molar-refractivity contribution in [3.8, 4) is 0 Å². The van der Waals surface area contributed by atoms with E-state index in [-0.39, 0.29) is 5.16 Å². The number of rotatable bonds is 2. The van der Waals surface area contributed by atoms with E-state index in [9.17, 15) is 0 Å². The first-order valence-electron chi connectivity index (χ1n) is 3.07. The lowest BCUT2D eigenvalue weighted by Gasteiger charge is -2.29. The first-order valence-corrected chi connectivity index (χ1v) is 4.31. The van der Waals surface area contributed by atoms with Crippen molar-refractivity contribution in [1.29, 1.82) is 0 Å². The molecule has 0 saturated carbocycles. The molecule has 0 saturated heterocycles. The van der Waals surface area contributed by atoms with Crippen LogP contribution in [0.15, 0.2) is 0 Å². The molecule has 0 aromatic heterocycles. The van der Waals surface area contributed by atoms with Gasteiger partial charge in [-0.05, 0) is 5.92 Å². The van der Waals surface area contributed by atoms with Crippen LogP contribution in [0.4, 0.5) is 0 Å². The lowest BCUT2D eigenvalue weighted by atomic mass is 10.00. The van der Waals surface area contributed by atoms with E-state index in [2.05, 4.69) is 0 Å². The molecule has 0 amide bonds. The van der Waals surface area contributed by atoms with Gasteiger partial charge in [-0.3, -0.25) is 0 Å². The topological polar surface area (TPSA) is 40.5 Å². The van der Waals surface area contributed by atoms with E-state index >= 15 is 0 Å². The molecule has 0 aliphatic carbocycles. The van der Waals surface area contributed by atoms with Crippen LogP contribution in [0.5, 0.6) is 0 Å². The van der Waals surface area contributed by atoms with Crippen LogP contribution in [0.25, 0.3) is 0 Å². The van der Waals surface area contributed by atoms with E-state index in [4.69, 9.17) is 9.79 Å². The van der Waals surface area contributed by atoms with Crippen molar-refractivity contribution < 1.29 is 9.79 Å². The molecule has 0 aliphatic rings. The summed E-state index contributed by atoms with van der Waals surface area (Å²) in [5, 5.41) is -0.324. The van der Waals surface area contributed by atoms with Crippen molar-refractivity contribution in [1.82, 2.24) is 0 Å². The Labute approximate surface area is 57.8 Å². The molecule has 0 aromatic rings. The molecule has 2 nitrogen and oxygen atoms in total. The average Bonchev–Trinajstić information content (AvgIpc) is 1.65. The van der Waals surface area contributed by atoms with Gasteiger partial charge in [0.05, 0.1) is 0 Å². The van der Waals surface area contributed by atoms with Crippen LogP contribution < -0.4 is 0 Å². The zero-order chi connectivity index (χ0) is 7.65. The van der Waals surface area contributed by atoms with Gasteiger partial charge in [0.1, 0.15) is 0 Å². The Kier molecular flexibility index (Phi) is 3.07. The fourth-order valence-electron chi connectivity index (χ4n) is 0.231. The van der Waals surface area contributed by atoms with Crippen LogP contribution in [-0.4, -0.2) is 14.9 Å². The molecule has 56 valence electrons. The number of hydrogen-bond acceptors (Lipinski definition) is 2. The van der Waals surface area contributed by atoms with Gasteiger partial charge in [-0.15, -0.1) is 0 Å². The summed E-state index contributed by atoms with van der Waals surface area (Å²) < 4.78 is 0. The highest BCUT2D eigenvalue weighted by atomic mass is 31.2. The van der Waals surface area contributed by atoms with Gasteiger partial charge in [0.2, 0.25) is 0 Å². The van der Waals surface area contributed by atoms with Crippen molar-refractivity contribution in [2.24, 2.45) is 5.92 Å². The maximum absolute atomic E-state index is 8.87. The van der Waals surface area contributed by atoms with Crippen molar-refractivity contribution >= 4 is 8.38 Å². The summed E-state index contributed by atoms with van der Waals surface area (Å²) in [4.78, 5) is 17.7. The lowest BCUT2D eigenvalue weighted by Crippen LogP contribution is -2.24. The third kappa shape index (κ3) is 2.21. The van der Waals surface area contributed by atoms with Crippen LogP contribution in [0, 0.1) is 5.92 Å². The van der Waals surface area contributed by atoms with E-state index < -0.39 is 8.38 Å². The summed E-state index contributed by atoms with van der Waals surface area (Å²) in [5.74, 6) is 0.318. The van der Waals surface area contributed by atoms with Crippen LogP contribution in [0.3, 0.4) is 0 Å². The molecule has 2 N–H and O–H groups in total. The first kappa shape index (κ1) is 9.35. The molecular weight excluding hydrogens is 135 g/mol. The molecule has 0 spiro atoms. The molecule has 0 radical (unpaired) electrons. The van der Waals surface area contributed by atoms with Gasteiger partial charge in [-0.1, -0.05) is 27.7 Å². The minimum Gasteiger partial charge on any atom is -0.350 e. The standard InChI is InChI=1S/C6H15O2P/c1-5(2)6(3,4)9(7)8/h5,7-8H,1-4H3. The smallest absolute Gasteiger partial charge is 0.171 e. The van der Waals surface area contributed by atoms with Crippen LogP contribution in [0.2, 0.25) is 0 Å². The largest absolute Gasteiger partial charge is 0.350 e. The van der Waals surface area contributed by atoms with E-state index in [1.165, 1.54) is 0 Å². The summed E-state index contributed by atoms with van der Waals surface area (Å²) in [5.41, 5.74) is 0. The average molecular weight is 150 g/mol. The van der Waals surface area contributed by atoms with Crippen molar-refractivity contribution in [3.63, 3.8) is 0 Å². The summed E-state index contributed by atoms with van der Waals surface area (Å²) in [6.45, 7) is 7.70. The highest BCUT2D eigenvalue weighted by Gasteiger charge is 2.30. The summed E-state index contributed by atoms with van der Waals surface area (Å²) in [6, 6.07) is 0. The maximum atomic E-state index is 8.87. The van der Waals surface area contributed by atoms with E-state index in [0.717, 1.165) is 0 Å². The van der Waals surface area contributed by atoms with Gasteiger partial charge in [0.25, 0.3) is 0 Å². The summed E-state index contributed by atoms with van der Waals surface area (Å²) in [7, 11) is -1.78. The van der Waals surface area contributed by atoms with E-state index in [1.54, 1.807) is 0 Å². The van der Waals surface area contributed by atoms with E-state index in [0.29, 0.717) is 5.92 Å². The van der Waals surface area contributed by atoms with Gasteiger partial charge in [-0.25, -0.2) is 0 Å². The van der Waals surface area contributed by atoms with Gasteiger partial charge in [0.15, 0.2) is 8.38 Å². The number of hydrogen-bond donors (Lipinski definition) is 2. The zero-order valence-electron chi connectivity index (χ0n) is 6.42. The van der Waals surface area contributed by atoms with E-state index in [1.807, 2.05) is 27.7 Å². The highest BCUT2D eigenvalue weighted by molar-refractivity contribution is 7.46. The Morgan fingerprint density at radius 3 is 1.56 bits per heavy atom. The predicted octanol–water partition coefficient (Wildman–Crippen LogP) is 1.72. The van der Waals surface area contributed by atoms with Crippen molar-refractivity contribution in [3.05, 3.63) is 0 Å². The lowest BCUT2D eigenvalue weighted by molar-refractivity contribution is 0.384. The van der Waals surface area contributed by atoms with Crippen LogP contribution in [0.1, 0.15) is 27.7 Å². The second-order valence-corrected chi connectivity index (χ2v) is 4.83. The monoisotopic (exact) mass is 150 g/mol. The Morgan fingerprint density at radius 1 is 1.22 bits per heavy atom. The molecule has 0 heterocycles. The molecule has 0 fully saturated rings. The Bertz CT molecular complexity index is 79.1. The Morgan fingerprint density at radius 2 is 1.56 bits per heavy atom. The molecular formula is C6H15O2P. The van der Waals surface area contributed by atoms with Crippen LogP contribution in [-0.2, 0) is 0 Å². The molecule has 0 atom stereocenters. The van der Waals surface area contributed by atoms with Crippen molar-refractivity contribution in [2.45, 2.75) is 32.9 Å². The van der Waals surface area contributed by atoms with Gasteiger partial charge < -0.3 is 9.79 Å². The molecule has 3 heteroatoms. The summed E-state index contributed by atoms with van der Waals surface area (Å²) in [6.07, 6.45) is 0. The zero-order valence-corrected chi connectivity index (χ0v) is 7.31. The first-order chi connectivity index (χ1) is 3.89. The maximum Gasteiger partial charge on any atom is 0.171 e. The molecule has 9 heavy (non-hydrogen) atoms. The second kappa shape index (κ2) is 2.96. The molecule has 0 rings (SSSR count). The van der Waals surface area contributed by atoms with Gasteiger partial charge in [0, 0.05) is 5.16 Å². The van der Waals surface area contributed by atoms with Gasteiger partial charge >= 0.3 is 0 Å². The Hall–Kier alpha value is 0.350. The molecule has 0 unspecified atom stereocenters. The third-order valence-corrected chi connectivity index (χ3v) is 3.48. The SMILES string of the molecule is CC(C)C(C)(C)P(O)O. The van der Waals surface area contributed by atoms with Crippen molar-refractivity contribution in [2.75, 3.05) is 0 Å². The second-order valence-electron chi connectivity index (χ2n) is 3.10. The van der Waals surface area contributed by atoms with Gasteiger partial charge in [-0.2, -0.15) is 0 Å². The Balaban J connectivity index is 4.01.